The number of likely N-dealkylation sites (tertiary alicyclic amines) is 1. The second-order valence-electron chi connectivity index (χ2n) is 17.2. The highest BCUT2D eigenvalue weighted by Gasteiger charge is 2.48. The quantitative estimate of drug-likeness (QED) is 0.141. The van der Waals surface area contributed by atoms with E-state index in [9.17, 15) is 23.3 Å². The van der Waals surface area contributed by atoms with Gasteiger partial charge in [0.05, 0.1) is 28.4 Å². The Hall–Kier alpha value is -5.97. The van der Waals surface area contributed by atoms with Crippen molar-refractivity contribution in [2.24, 2.45) is 12.5 Å². The number of urea groups is 1. The maximum Gasteiger partial charge on any atom is 0.329 e. The predicted molar refractivity (Wildman–Crippen MR) is 230 cm³/mol. The Kier molecular flexibility index (Phi) is 11.2. The van der Waals surface area contributed by atoms with Crippen LogP contribution < -0.4 is 24.4 Å². The van der Waals surface area contributed by atoms with Crippen molar-refractivity contribution in [3.05, 3.63) is 71.4 Å². The lowest BCUT2D eigenvalue weighted by Crippen LogP contribution is -2.53. The molecule has 2 aliphatic heterocycles. The summed E-state index contributed by atoms with van der Waals surface area (Å²) in [6.07, 6.45) is 9.48. The van der Waals surface area contributed by atoms with Crippen LogP contribution in [0.4, 0.5) is 25.1 Å². The smallest absolute Gasteiger partial charge is 0.329 e. The van der Waals surface area contributed by atoms with Crippen molar-refractivity contribution >= 4 is 55.6 Å². The molecular formula is C44H48F2N10O6S. The molecule has 4 aliphatic rings. The summed E-state index contributed by atoms with van der Waals surface area (Å²) in [4.78, 5) is 37.4. The molecule has 0 bridgehead atoms. The molecule has 0 unspecified atom stereocenters. The van der Waals surface area contributed by atoms with Crippen LogP contribution in [0.3, 0.4) is 0 Å². The van der Waals surface area contributed by atoms with Gasteiger partial charge in [0.15, 0.2) is 17.4 Å². The van der Waals surface area contributed by atoms with Crippen molar-refractivity contribution in [2.75, 3.05) is 42.8 Å². The highest BCUT2D eigenvalue weighted by atomic mass is 32.2. The molecule has 1 spiro atoms. The van der Waals surface area contributed by atoms with Crippen molar-refractivity contribution in [1.29, 1.82) is 5.26 Å². The van der Waals surface area contributed by atoms with Crippen molar-refractivity contribution in [3.8, 4) is 23.4 Å². The average molecular weight is 883 g/mol. The number of aromatic nitrogens is 4. The minimum Gasteiger partial charge on any atom is -0.473 e. The van der Waals surface area contributed by atoms with Gasteiger partial charge in [-0.2, -0.15) is 23.1 Å². The molecular weight excluding hydrogens is 835 g/mol. The number of amides is 3. The van der Waals surface area contributed by atoms with Gasteiger partial charge in [0.1, 0.15) is 29.3 Å². The second kappa shape index (κ2) is 16.6. The molecule has 0 radical (unpaired) electrons. The predicted octanol–water partition coefficient (Wildman–Crippen LogP) is 6.86. The zero-order valence-corrected chi connectivity index (χ0v) is 36.1. The maximum absolute atomic E-state index is 15.8. The normalized spacial score (nSPS) is 20.8. The summed E-state index contributed by atoms with van der Waals surface area (Å²) in [5.74, 6) is -0.899. The van der Waals surface area contributed by atoms with E-state index >= 15 is 8.78 Å². The van der Waals surface area contributed by atoms with Gasteiger partial charge in [-0.3, -0.25) is 24.4 Å². The Morgan fingerprint density at radius 2 is 1.78 bits per heavy atom. The van der Waals surface area contributed by atoms with E-state index in [1.807, 2.05) is 12.1 Å². The molecule has 9 rings (SSSR count). The third-order valence-electron chi connectivity index (χ3n) is 13.4. The Bertz CT molecular complexity index is 2770. The monoisotopic (exact) mass is 882 g/mol. The van der Waals surface area contributed by atoms with Crippen molar-refractivity contribution < 1.29 is 36.3 Å². The fourth-order valence-electron chi connectivity index (χ4n) is 9.69. The number of piperidine rings is 1. The SMILES string of the molecule is CCN(C)S(=O)(=O)Nc1ccc(F)c(Oc2ccc3ncc(OC4CC5(CCN(C6CCC(c7cc8c(cc7F)c(N7CCC(=O)NC7=O)nn8C)CC6)CC5)C4)nc3c2)c1C#N. The van der Waals surface area contributed by atoms with Crippen molar-refractivity contribution in [1.82, 2.24) is 34.3 Å². The number of fused-ring (bicyclic) bond motifs is 2. The van der Waals surface area contributed by atoms with Crippen LogP contribution >= 0.6 is 0 Å². The van der Waals surface area contributed by atoms with Gasteiger partial charge in [0, 0.05) is 51.1 Å². The highest BCUT2D eigenvalue weighted by molar-refractivity contribution is 7.90. The van der Waals surface area contributed by atoms with Crippen LogP contribution in [0, 0.1) is 28.4 Å². The summed E-state index contributed by atoms with van der Waals surface area (Å²) in [6, 6.07) is 12.2. The minimum atomic E-state index is -3.98. The van der Waals surface area contributed by atoms with Gasteiger partial charge >= 0.3 is 16.2 Å². The zero-order valence-electron chi connectivity index (χ0n) is 35.2. The Morgan fingerprint density at radius 1 is 1.02 bits per heavy atom. The number of hydrogen-bond acceptors (Lipinski definition) is 11. The molecule has 5 aromatic rings. The van der Waals surface area contributed by atoms with E-state index in [0.29, 0.717) is 39.7 Å². The first-order chi connectivity index (χ1) is 30.2. The van der Waals surface area contributed by atoms with E-state index in [1.54, 1.807) is 43.0 Å². The van der Waals surface area contributed by atoms with Gasteiger partial charge in [-0.1, -0.05) is 6.92 Å². The van der Waals surface area contributed by atoms with E-state index in [1.165, 1.54) is 24.1 Å². The van der Waals surface area contributed by atoms with Crippen LogP contribution in [-0.4, -0.2) is 94.7 Å². The average Bonchev–Trinajstić information content (AvgIpc) is 3.57. The fourth-order valence-corrected chi connectivity index (χ4v) is 10.6. The largest absolute Gasteiger partial charge is 0.473 e. The van der Waals surface area contributed by atoms with Gasteiger partial charge in [-0.05, 0) is 118 Å². The summed E-state index contributed by atoms with van der Waals surface area (Å²) in [5, 5.41) is 17.3. The molecule has 4 fully saturated rings. The second-order valence-corrected chi connectivity index (χ2v) is 19.0. The first-order valence-corrected chi connectivity index (χ1v) is 22.8. The van der Waals surface area contributed by atoms with Crippen molar-refractivity contribution in [2.45, 2.75) is 82.8 Å². The molecule has 4 heterocycles. The van der Waals surface area contributed by atoms with Gasteiger partial charge in [-0.25, -0.2) is 23.5 Å². The Morgan fingerprint density at radius 3 is 2.49 bits per heavy atom. The first kappa shape index (κ1) is 42.3. The minimum absolute atomic E-state index is 0.00678. The van der Waals surface area contributed by atoms with Gasteiger partial charge < -0.3 is 14.4 Å². The standard InChI is InChI=1S/C44H48F2N10O6S/c1-4-53(2)63(59,60)52-35-12-10-33(45)41(32(35)24-47)62-28-9-11-36-37(19-28)49-40(25-48-36)61-29-22-44(23-29)14-17-55(18-15-44)27-7-5-26(6-8-27)30-21-38-31(20-34(30)46)42(51-54(38)3)56-16-13-39(57)50-43(56)58/h9-12,19-21,25-27,29,52H,4-8,13-18,22-23H2,1-3H3,(H,50,57,58). The number of hydrogen-bond donors (Lipinski definition) is 2. The number of anilines is 2. The number of carbonyl (C=O) groups excluding carboxylic acids is 2. The molecule has 16 nitrogen and oxygen atoms in total. The van der Waals surface area contributed by atoms with Gasteiger partial charge in [0.25, 0.3) is 0 Å². The van der Waals surface area contributed by atoms with Crippen LogP contribution in [-0.2, 0) is 22.1 Å². The van der Waals surface area contributed by atoms with Crippen LogP contribution in [0.15, 0.2) is 48.7 Å². The summed E-state index contributed by atoms with van der Waals surface area (Å²) in [5.41, 5.74) is 2.24. The summed E-state index contributed by atoms with van der Waals surface area (Å²) >= 11 is 0. The van der Waals surface area contributed by atoms with Crippen LogP contribution in [0.25, 0.3) is 21.9 Å². The molecule has 2 saturated heterocycles. The molecule has 63 heavy (non-hydrogen) atoms. The number of ether oxygens (including phenoxy) is 2. The number of benzene rings is 3. The molecule has 0 atom stereocenters. The number of carbonyl (C=O) groups is 2. The number of nitriles is 1. The molecule has 2 saturated carbocycles. The molecule has 2 aromatic heterocycles. The third-order valence-corrected chi connectivity index (χ3v) is 15.0. The number of halogens is 2. The van der Waals surface area contributed by atoms with Crippen LogP contribution in [0.1, 0.15) is 81.8 Å². The molecule has 19 heteroatoms. The van der Waals surface area contributed by atoms with E-state index in [0.717, 1.165) is 80.3 Å². The number of rotatable bonds is 11. The lowest BCUT2D eigenvalue weighted by Gasteiger charge is -2.53. The number of nitrogens with one attached hydrogen (secondary N) is 2. The van der Waals surface area contributed by atoms with Crippen LogP contribution in [0.2, 0.25) is 0 Å². The summed E-state index contributed by atoms with van der Waals surface area (Å²) in [7, 11) is -0.814. The number of imide groups is 1. The molecule has 3 aromatic carbocycles. The number of aryl methyl sites for hydroxylation is 1. The molecule has 2 aliphatic carbocycles. The van der Waals surface area contributed by atoms with E-state index in [4.69, 9.17) is 9.47 Å². The Labute approximate surface area is 363 Å². The Balaban J connectivity index is 0.780. The lowest BCUT2D eigenvalue weighted by atomic mass is 9.61. The number of nitrogens with zero attached hydrogens (tertiary/aromatic N) is 8. The van der Waals surface area contributed by atoms with Crippen LogP contribution in [0.5, 0.6) is 17.4 Å². The summed E-state index contributed by atoms with van der Waals surface area (Å²) in [6.45, 7) is 4.06. The molecule has 330 valence electrons. The van der Waals surface area contributed by atoms with E-state index in [2.05, 4.69) is 30.0 Å². The summed E-state index contributed by atoms with van der Waals surface area (Å²) < 4.78 is 73.3. The zero-order chi connectivity index (χ0) is 44.2. The third kappa shape index (κ3) is 8.22. The molecule has 3 amide bonds. The fraction of sp³-hybridized carbons (Fsp3) is 0.455. The first-order valence-electron chi connectivity index (χ1n) is 21.3. The van der Waals surface area contributed by atoms with E-state index < -0.39 is 27.8 Å². The van der Waals surface area contributed by atoms with E-state index in [-0.39, 0.29) is 65.7 Å². The highest BCUT2D eigenvalue weighted by Crippen LogP contribution is 2.51. The molecule has 2 N–H and O–H groups in total. The van der Waals surface area contributed by atoms with Gasteiger partial charge in [0.2, 0.25) is 11.8 Å². The topological polar surface area (TPSA) is 188 Å². The van der Waals surface area contributed by atoms with Crippen molar-refractivity contribution in [3.63, 3.8) is 0 Å². The van der Waals surface area contributed by atoms with Gasteiger partial charge in [-0.15, -0.1) is 0 Å². The maximum atomic E-state index is 15.8. The lowest BCUT2D eigenvalue weighted by molar-refractivity contribution is -0.120.